The highest BCUT2D eigenvalue weighted by Gasteiger charge is 2.38. The Kier molecular flexibility index (Phi) is 12.4. The molecule has 2 rings (SSSR count). The minimum absolute atomic E-state index is 0.0136. The fourth-order valence-electron chi connectivity index (χ4n) is 5.07. The molecule has 0 radical (unpaired) electrons. The molecule has 44 heavy (non-hydrogen) atoms. The number of nitro benzene ring substituents is 1. The highest BCUT2D eigenvalue weighted by atomic mass is 16.6. The zero-order valence-corrected chi connectivity index (χ0v) is 27.6. The molecule has 0 heterocycles. The number of alkyl carbamates (subject to hydrolysis) is 1. The lowest BCUT2D eigenvalue weighted by atomic mass is 9.81. The molecule has 3 N–H and O–H groups in total. The van der Waals surface area contributed by atoms with Crippen LogP contribution in [0.15, 0.2) is 42.5 Å². The smallest absolute Gasteiger partial charge is 0.408 e. The zero-order chi connectivity index (χ0) is 33.5. The van der Waals surface area contributed by atoms with Crippen LogP contribution in [0, 0.1) is 22.0 Å². The van der Waals surface area contributed by atoms with Crippen molar-refractivity contribution in [1.29, 1.82) is 0 Å². The third-order valence-electron chi connectivity index (χ3n) is 7.63. The molecular formula is C34H50N2O8. The van der Waals surface area contributed by atoms with Crippen molar-refractivity contribution < 1.29 is 34.2 Å². The van der Waals surface area contributed by atoms with Gasteiger partial charge in [-0.15, -0.1) is 0 Å². The summed E-state index contributed by atoms with van der Waals surface area (Å²) in [6, 6.07) is 12.6. The van der Waals surface area contributed by atoms with E-state index in [-0.39, 0.29) is 36.0 Å². The lowest BCUT2D eigenvalue weighted by Gasteiger charge is -2.31. The molecule has 0 saturated carbocycles. The van der Waals surface area contributed by atoms with Gasteiger partial charge in [0, 0.05) is 12.5 Å². The molecule has 0 saturated heterocycles. The summed E-state index contributed by atoms with van der Waals surface area (Å²) < 4.78 is 11.4. The fourth-order valence-corrected chi connectivity index (χ4v) is 5.07. The van der Waals surface area contributed by atoms with E-state index in [9.17, 15) is 29.9 Å². The van der Waals surface area contributed by atoms with Crippen molar-refractivity contribution >= 4 is 17.7 Å². The van der Waals surface area contributed by atoms with Crippen molar-refractivity contribution in [3.63, 3.8) is 0 Å². The van der Waals surface area contributed by atoms with Crippen molar-refractivity contribution in [3.05, 3.63) is 69.3 Å². The number of amides is 1. The highest BCUT2D eigenvalue weighted by molar-refractivity contribution is 5.84. The van der Waals surface area contributed by atoms with Gasteiger partial charge in [-0.05, 0) is 87.5 Å². The second-order valence-corrected chi connectivity index (χ2v) is 14.2. The summed E-state index contributed by atoms with van der Waals surface area (Å²) in [4.78, 5) is 35.4. The van der Waals surface area contributed by atoms with Crippen molar-refractivity contribution in [2.75, 3.05) is 0 Å². The third kappa shape index (κ3) is 11.1. The van der Waals surface area contributed by atoms with Crippen LogP contribution in [0.5, 0.6) is 5.75 Å². The number of nitrogens with zero attached hydrogens (tertiary/aromatic N) is 1. The minimum Gasteiger partial charge on any atom is -0.488 e. The summed E-state index contributed by atoms with van der Waals surface area (Å²) in [5.41, 5.74) is -0.180. The number of rotatable bonds is 14. The monoisotopic (exact) mass is 614 g/mol. The summed E-state index contributed by atoms with van der Waals surface area (Å²) in [6.07, 6.45) is -0.305. The Labute approximate surface area is 261 Å². The maximum Gasteiger partial charge on any atom is 0.408 e. The molecule has 0 bridgehead atoms. The summed E-state index contributed by atoms with van der Waals surface area (Å²) in [5.74, 6) is -0.147. The van der Waals surface area contributed by atoms with E-state index in [2.05, 4.69) is 46.0 Å². The Morgan fingerprint density at radius 1 is 1.00 bits per heavy atom. The molecule has 0 unspecified atom stereocenters. The van der Waals surface area contributed by atoms with Crippen LogP contribution in [0.2, 0.25) is 0 Å². The van der Waals surface area contributed by atoms with Gasteiger partial charge < -0.3 is 25.0 Å². The molecule has 10 heteroatoms. The molecule has 2 aromatic carbocycles. The number of aliphatic hydroxyl groups excluding tert-OH is 1. The Morgan fingerprint density at radius 3 is 2.18 bits per heavy atom. The molecule has 10 nitrogen and oxygen atoms in total. The number of aliphatic hydroxyl groups is 1. The van der Waals surface area contributed by atoms with Gasteiger partial charge >= 0.3 is 12.1 Å². The predicted molar refractivity (Wildman–Crippen MR) is 170 cm³/mol. The van der Waals surface area contributed by atoms with Crippen LogP contribution < -0.4 is 10.1 Å². The topological polar surface area (TPSA) is 148 Å². The number of benzene rings is 2. The molecule has 3 atom stereocenters. The van der Waals surface area contributed by atoms with Crippen LogP contribution in [0.1, 0.15) is 98.3 Å². The highest BCUT2D eigenvalue weighted by Crippen LogP contribution is 2.35. The van der Waals surface area contributed by atoms with Gasteiger partial charge in [0.2, 0.25) is 0 Å². The fraction of sp³-hybridized carbons (Fsp3) is 0.588. The maximum absolute atomic E-state index is 12.3. The van der Waals surface area contributed by atoms with E-state index in [1.807, 2.05) is 12.1 Å². The number of para-hydroxylation sites is 1. The molecule has 0 aliphatic carbocycles. The molecule has 1 amide bonds. The van der Waals surface area contributed by atoms with Crippen LogP contribution in [-0.2, 0) is 28.0 Å². The number of aliphatic carboxylic acids is 1. The van der Waals surface area contributed by atoms with E-state index in [1.165, 1.54) is 13.0 Å². The van der Waals surface area contributed by atoms with E-state index in [0.717, 1.165) is 11.1 Å². The summed E-state index contributed by atoms with van der Waals surface area (Å²) in [7, 11) is 0. The molecule has 0 aromatic heterocycles. The number of carboxylic acids is 1. The van der Waals surface area contributed by atoms with Gasteiger partial charge in [0.15, 0.2) is 0 Å². The van der Waals surface area contributed by atoms with Crippen molar-refractivity contribution in [3.8, 4) is 5.75 Å². The van der Waals surface area contributed by atoms with E-state index >= 15 is 0 Å². The lowest BCUT2D eigenvalue weighted by Crippen LogP contribution is -2.55. The second-order valence-electron chi connectivity index (χ2n) is 14.2. The zero-order valence-electron chi connectivity index (χ0n) is 27.6. The summed E-state index contributed by atoms with van der Waals surface area (Å²) >= 11 is 0. The van der Waals surface area contributed by atoms with Crippen LogP contribution >= 0.6 is 0 Å². The van der Waals surface area contributed by atoms with Crippen LogP contribution in [-0.4, -0.2) is 44.4 Å². The average Bonchev–Trinajstić information content (AvgIpc) is 2.87. The molecule has 0 aliphatic rings. The summed E-state index contributed by atoms with van der Waals surface area (Å²) in [6.45, 7) is 17.0. The van der Waals surface area contributed by atoms with Crippen LogP contribution in [0.4, 0.5) is 10.5 Å². The molecule has 2 aromatic rings. The van der Waals surface area contributed by atoms with E-state index in [0.29, 0.717) is 30.6 Å². The summed E-state index contributed by atoms with van der Waals surface area (Å²) in [5, 5.41) is 34.6. The van der Waals surface area contributed by atoms with E-state index in [1.54, 1.807) is 39.0 Å². The van der Waals surface area contributed by atoms with Gasteiger partial charge in [-0.2, -0.15) is 0 Å². The molecule has 0 spiro atoms. The average molecular weight is 615 g/mol. The Bertz CT molecular complexity index is 1290. The van der Waals surface area contributed by atoms with Crippen molar-refractivity contribution in [2.24, 2.45) is 11.8 Å². The van der Waals surface area contributed by atoms with Gasteiger partial charge in [-0.25, -0.2) is 9.59 Å². The number of hydrogen-bond donors (Lipinski definition) is 3. The van der Waals surface area contributed by atoms with E-state index < -0.39 is 34.2 Å². The molecule has 0 fully saturated rings. The first-order valence-corrected chi connectivity index (χ1v) is 15.1. The van der Waals surface area contributed by atoms with Gasteiger partial charge in [0.1, 0.15) is 23.5 Å². The maximum atomic E-state index is 12.3. The molecule has 0 aliphatic heterocycles. The predicted octanol–water partition coefficient (Wildman–Crippen LogP) is 7.19. The van der Waals surface area contributed by atoms with Gasteiger partial charge in [0.25, 0.3) is 5.69 Å². The number of carbonyl (C=O) groups is 2. The van der Waals surface area contributed by atoms with E-state index in [4.69, 9.17) is 9.47 Å². The van der Waals surface area contributed by atoms with Gasteiger partial charge in [-0.3, -0.25) is 10.1 Å². The van der Waals surface area contributed by atoms with Gasteiger partial charge in [-0.1, -0.05) is 58.9 Å². The number of nitrogens with one attached hydrogen (secondary N) is 1. The number of nitro groups is 1. The number of ether oxygens (including phenoxy) is 2. The number of hydrogen-bond acceptors (Lipinski definition) is 7. The largest absolute Gasteiger partial charge is 0.488 e. The number of carboxylic acid groups (broad SMARTS) is 1. The van der Waals surface area contributed by atoms with Crippen molar-refractivity contribution in [1.82, 2.24) is 5.32 Å². The quantitative estimate of drug-likeness (QED) is 0.150. The molecular weight excluding hydrogens is 564 g/mol. The normalized spacial score (nSPS) is 14.8. The van der Waals surface area contributed by atoms with Crippen LogP contribution in [0.25, 0.3) is 0 Å². The second kappa shape index (κ2) is 14.9. The first-order valence-electron chi connectivity index (χ1n) is 15.1. The van der Waals surface area contributed by atoms with Crippen molar-refractivity contribution in [2.45, 2.75) is 117 Å². The van der Waals surface area contributed by atoms with Crippen LogP contribution in [0.3, 0.4) is 0 Å². The Morgan fingerprint density at radius 2 is 1.64 bits per heavy atom. The third-order valence-corrected chi connectivity index (χ3v) is 7.63. The number of carbonyl (C=O) groups excluding carboxylic acids is 1. The SMILES string of the molecule is CC(C)[C@@H](CC[C@H](O)C[C@@](C)(NC(=O)OC(C)(C)C)C(=O)O)Cc1ccc(C(C)(C)C)c(OCc2ccccc2[N+](=O)[O-])c1. The van der Waals surface area contributed by atoms with Gasteiger partial charge in [0.05, 0.1) is 16.6 Å². The first-order chi connectivity index (χ1) is 20.2. The Hall–Kier alpha value is -3.66. The first kappa shape index (κ1) is 36.5. The minimum atomic E-state index is -1.70. The Balaban J connectivity index is 2.18. The lowest BCUT2D eigenvalue weighted by molar-refractivity contribution is -0.385. The molecule has 244 valence electrons. The standard InChI is InChI=1S/C34H50N2O8/c1-22(2)24(15-16-26(37)20-34(9,30(38)39)35-31(40)44-33(6,7)8)18-23-14-17-27(32(3,4)5)29(19-23)43-21-25-12-10-11-13-28(25)36(41)42/h10-14,17,19,22,24,26,37H,15-16,18,20-21H2,1-9H3,(H,35,40)(H,38,39)/t24-,26-,34+/m0/s1.